The van der Waals surface area contributed by atoms with Gasteiger partial charge in [0.05, 0.1) is 12.2 Å². The van der Waals surface area contributed by atoms with E-state index in [4.69, 9.17) is 4.74 Å². The maximum Gasteiger partial charge on any atom is 0.190 e. The van der Waals surface area contributed by atoms with Gasteiger partial charge in [0.15, 0.2) is 5.96 Å². The zero-order valence-corrected chi connectivity index (χ0v) is 16.9. The smallest absolute Gasteiger partial charge is 0.190 e. The predicted octanol–water partition coefficient (Wildman–Crippen LogP) is 2.59. The van der Waals surface area contributed by atoms with Gasteiger partial charge in [-0.1, -0.05) is 13.0 Å². The average Bonchev–Trinajstić information content (AvgIpc) is 3.06. The quantitative estimate of drug-likeness (QED) is 0.422. The highest BCUT2D eigenvalue weighted by Crippen LogP contribution is 2.13. The zero-order chi connectivity index (χ0) is 18.1. The Morgan fingerprint density at radius 3 is 2.76 bits per heavy atom. The van der Waals surface area contributed by atoms with Crippen molar-refractivity contribution in [3.05, 3.63) is 22.4 Å². The van der Waals surface area contributed by atoms with Crippen LogP contribution in [0.25, 0.3) is 0 Å². The molecule has 2 N–H and O–H groups in total. The van der Waals surface area contributed by atoms with E-state index in [1.54, 1.807) is 0 Å². The van der Waals surface area contributed by atoms with Crippen LogP contribution in [0.15, 0.2) is 22.5 Å². The lowest BCUT2D eigenvalue weighted by atomic mass is 10.1. The lowest BCUT2D eigenvalue weighted by Gasteiger charge is -2.35. The Morgan fingerprint density at radius 1 is 1.36 bits per heavy atom. The topological polar surface area (TPSA) is 48.9 Å². The summed E-state index contributed by atoms with van der Waals surface area (Å²) < 4.78 is 5.78. The Kier molecular flexibility index (Phi) is 8.72. The fraction of sp³-hybridized carbons (Fsp3) is 0.737. The summed E-state index contributed by atoms with van der Waals surface area (Å²) in [5, 5.41) is 9.02. The third-order valence-electron chi connectivity index (χ3n) is 4.41. The van der Waals surface area contributed by atoms with Crippen molar-refractivity contribution in [2.75, 3.05) is 39.8 Å². The van der Waals surface area contributed by atoms with E-state index in [-0.39, 0.29) is 0 Å². The molecule has 5 nitrogen and oxygen atoms in total. The van der Waals surface area contributed by atoms with E-state index in [1.165, 1.54) is 4.88 Å². The highest BCUT2D eigenvalue weighted by atomic mass is 32.1. The van der Waals surface area contributed by atoms with Crippen LogP contribution in [0.3, 0.4) is 0 Å². The predicted molar refractivity (Wildman–Crippen MR) is 108 cm³/mol. The summed E-state index contributed by atoms with van der Waals surface area (Å²) >= 11 is 1.83. The van der Waals surface area contributed by atoms with Crippen molar-refractivity contribution in [1.29, 1.82) is 0 Å². The van der Waals surface area contributed by atoms with Gasteiger partial charge in [-0.25, -0.2) is 0 Å². The molecule has 0 spiro atoms. The van der Waals surface area contributed by atoms with Crippen LogP contribution in [0.2, 0.25) is 0 Å². The number of guanidine groups is 1. The van der Waals surface area contributed by atoms with Crippen LogP contribution in [0.1, 0.15) is 32.1 Å². The lowest BCUT2D eigenvalue weighted by molar-refractivity contribution is -0.0679. The minimum atomic E-state index is 0.343. The van der Waals surface area contributed by atoms with Gasteiger partial charge in [0.1, 0.15) is 0 Å². The van der Waals surface area contributed by atoms with E-state index >= 15 is 0 Å². The van der Waals surface area contributed by atoms with Crippen molar-refractivity contribution in [2.45, 2.75) is 45.8 Å². The molecule has 1 aromatic heterocycles. The van der Waals surface area contributed by atoms with Crippen LogP contribution < -0.4 is 10.6 Å². The Hall–Kier alpha value is -1.11. The highest BCUT2D eigenvalue weighted by Gasteiger charge is 2.21. The van der Waals surface area contributed by atoms with Crippen LogP contribution in [0, 0.1) is 5.92 Å². The number of thiophene rings is 1. The van der Waals surface area contributed by atoms with Crippen LogP contribution >= 0.6 is 11.3 Å². The fourth-order valence-corrected chi connectivity index (χ4v) is 4.18. The second-order valence-corrected chi connectivity index (χ2v) is 8.17. The molecule has 0 radical (unpaired) electrons. The van der Waals surface area contributed by atoms with Gasteiger partial charge in [0.25, 0.3) is 0 Å². The molecule has 2 heterocycles. The van der Waals surface area contributed by atoms with Crippen molar-refractivity contribution < 1.29 is 4.74 Å². The largest absolute Gasteiger partial charge is 0.373 e. The van der Waals surface area contributed by atoms with Crippen LogP contribution in [0.4, 0.5) is 0 Å². The van der Waals surface area contributed by atoms with Gasteiger partial charge < -0.3 is 15.4 Å². The summed E-state index contributed by atoms with van der Waals surface area (Å²) in [6.45, 7) is 11.7. The summed E-state index contributed by atoms with van der Waals surface area (Å²) in [5.41, 5.74) is 0. The first kappa shape index (κ1) is 20.2. The monoisotopic (exact) mass is 366 g/mol. The standard InChI is InChI=1S/C19H34N4OS/c1-15(11-18-7-5-10-25-18)12-22-19(20-4)21-8-6-9-23-13-16(2)24-17(3)14-23/h5,7,10,15-17H,6,8-9,11-14H2,1-4H3,(H2,20,21,22). The second-order valence-electron chi connectivity index (χ2n) is 7.14. The minimum absolute atomic E-state index is 0.343. The number of aliphatic imine (C=N–C) groups is 1. The second kappa shape index (κ2) is 10.8. The van der Waals surface area contributed by atoms with E-state index in [1.807, 2.05) is 18.4 Å². The van der Waals surface area contributed by atoms with Gasteiger partial charge in [0.2, 0.25) is 0 Å². The van der Waals surface area contributed by atoms with E-state index < -0.39 is 0 Å². The number of hydrogen-bond acceptors (Lipinski definition) is 4. The molecule has 1 aliphatic heterocycles. The Labute approximate surface area is 156 Å². The van der Waals surface area contributed by atoms with Gasteiger partial charge in [-0.3, -0.25) is 9.89 Å². The van der Waals surface area contributed by atoms with Gasteiger partial charge in [-0.2, -0.15) is 0 Å². The fourth-order valence-electron chi connectivity index (χ4n) is 3.31. The molecular formula is C19H34N4OS. The molecule has 1 aliphatic rings. The summed E-state index contributed by atoms with van der Waals surface area (Å²) in [7, 11) is 1.84. The van der Waals surface area contributed by atoms with Gasteiger partial charge in [0, 0.05) is 44.6 Å². The van der Waals surface area contributed by atoms with Gasteiger partial charge >= 0.3 is 0 Å². The summed E-state index contributed by atoms with van der Waals surface area (Å²) in [4.78, 5) is 8.28. The van der Waals surface area contributed by atoms with E-state index in [0.717, 1.165) is 51.5 Å². The molecule has 3 atom stereocenters. The van der Waals surface area contributed by atoms with Crippen molar-refractivity contribution in [3.8, 4) is 0 Å². The van der Waals surface area contributed by atoms with Crippen molar-refractivity contribution in [1.82, 2.24) is 15.5 Å². The molecule has 142 valence electrons. The first-order valence-electron chi connectivity index (χ1n) is 9.41. The summed E-state index contributed by atoms with van der Waals surface area (Å²) in [6, 6.07) is 4.33. The first-order valence-corrected chi connectivity index (χ1v) is 10.3. The van der Waals surface area contributed by atoms with Crippen LogP contribution in [-0.2, 0) is 11.2 Å². The molecule has 1 saturated heterocycles. The molecule has 0 bridgehead atoms. The van der Waals surface area contributed by atoms with Crippen molar-refractivity contribution in [2.24, 2.45) is 10.9 Å². The molecule has 6 heteroatoms. The van der Waals surface area contributed by atoms with E-state index in [9.17, 15) is 0 Å². The van der Waals surface area contributed by atoms with Crippen molar-refractivity contribution in [3.63, 3.8) is 0 Å². The Balaban J connectivity index is 1.58. The maximum atomic E-state index is 5.78. The SMILES string of the molecule is CN=C(NCCCN1CC(C)OC(C)C1)NCC(C)Cc1cccs1. The zero-order valence-electron chi connectivity index (χ0n) is 16.1. The highest BCUT2D eigenvalue weighted by molar-refractivity contribution is 7.09. The molecular weight excluding hydrogens is 332 g/mol. The van der Waals surface area contributed by atoms with E-state index in [2.05, 4.69) is 58.8 Å². The molecule has 0 aromatic carbocycles. The molecule has 0 aliphatic carbocycles. The maximum absolute atomic E-state index is 5.78. The molecule has 0 amide bonds. The Morgan fingerprint density at radius 2 is 2.12 bits per heavy atom. The van der Waals surface area contributed by atoms with Gasteiger partial charge in [-0.05, 0) is 44.1 Å². The van der Waals surface area contributed by atoms with E-state index in [0.29, 0.717) is 18.1 Å². The average molecular weight is 367 g/mol. The Bertz CT molecular complexity index is 496. The molecule has 1 fully saturated rings. The molecule has 1 aromatic rings. The number of hydrogen-bond donors (Lipinski definition) is 2. The normalized spacial score (nSPS) is 23.4. The molecule has 2 rings (SSSR count). The third kappa shape index (κ3) is 7.75. The lowest BCUT2D eigenvalue weighted by Crippen LogP contribution is -2.46. The van der Waals surface area contributed by atoms with Crippen LogP contribution in [0.5, 0.6) is 0 Å². The van der Waals surface area contributed by atoms with Crippen molar-refractivity contribution >= 4 is 17.3 Å². The number of nitrogens with zero attached hydrogens (tertiary/aromatic N) is 2. The summed E-state index contributed by atoms with van der Waals surface area (Å²) in [6.07, 6.45) is 2.92. The molecule has 3 unspecified atom stereocenters. The number of rotatable bonds is 8. The molecule has 25 heavy (non-hydrogen) atoms. The first-order chi connectivity index (χ1) is 12.1. The van der Waals surface area contributed by atoms with Gasteiger partial charge in [-0.15, -0.1) is 11.3 Å². The number of morpholine rings is 1. The number of ether oxygens (including phenoxy) is 1. The minimum Gasteiger partial charge on any atom is -0.373 e. The summed E-state index contributed by atoms with van der Waals surface area (Å²) in [5.74, 6) is 1.50. The number of nitrogens with one attached hydrogen (secondary N) is 2. The van der Waals surface area contributed by atoms with Crippen LogP contribution in [-0.4, -0.2) is 62.8 Å². The third-order valence-corrected chi connectivity index (χ3v) is 5.31. The molecule has 0 saturated carbocycles.